The van der Waals surface area contributed by atoms with Crippen LogP contribution in [0.5, 0.6) is 5.75 Å². The third-order valence-electron chi connectivity index (χ3n) is 1.82. The number of carbonyl (C=O) groups is 1. The second kappa shape index (κ2) is 5.48. The molecule has 1 aromatic rings. The van der Waals surface area contributed by atoms with E-state index < -0.39 is 30.0 Å². The molecule has 0 spiro atoms. The molecule has 0 saturated carbocycles. The van der Waals surface area contributed by atoms with Crippen molar-refractivity contribution in [3.05, 3.63) is 27.7 Å². The smallest absolute Gasteiger partial charge is 0.387 e. The predicted molar refractivity (Wildman–Crippen MR) is 55.7 cm³/mol. The number of halogens is 4. The van der Waals surface area contributed by atoms with E-state index in [9.17, 15) is 18.7 Å². The van der Waals surface area contributed by atoms with Crippen molar-refractivity contribution >= 4 is 29.2 Å². The first kappa shape index (κ1) is 14.0. The zero-order chi connectivity index (χ0) is 13.2. The number of carboxylic acid groups (broad SMARTS) is 1. The van der Waals surface area contributed by atoms with Gasteiger partial charge in [-0.25, -0.2) is 4.79 Å². The number of alkyl halides is 2. The minimum Gasteiger partial charge on any atom is -0.479 e. The number of aliphatic hydroxyl groups is 1. The lowest BCUT2D eigenvalue weighted by atomic mass is 10.1. The van der Waals surface area contributed by atoms with Gasteiger partial charge < -0.3 is 14.9 Å². The summed E-state index contributed by atoms with van der Waals surface area (Å²) in [6, 6.07) is 2.15. The van der Waals surface area contributed by atoms with Crippen molar-refractivity contribution in [1.29, 1.82) is 0 Å². The molecule has 0 aliphatic heterocycles. The van der Waals surface area contributed by atoms with Crippen LogP contribution in [0.3, 0.4) is 0 Å². The molecule has 94 valence electrons. The molecule has 0 fully saturated rings. The van der Waals surface area contributed by atoms with E-state index in [-0.39, 0.29) is 10.0 Å². The van der Waals surface area contributed by atoms with Crippen LogP contribution in [-0.2, 0) is 4.79 Å². The zero-order valence-corrected chi connectivity index (χ0v) is 9.54. The number of hydrogen-bond donors (Lipinski definition) is 2. The highest BCUT2D eigenvalue weighted by atomic mass is 35.5. The van der Waals surface area contributed by atoms with Crippen LogP contribution in [-0.4, -0.2) is 22.8 Å². The molecule has 1 atom stereocenters. The number of aliphatic hydroxyl groups excluding tert-OH is 1. The average molecular weight is 287 g/mol. The molecule has 1 aromatic carbocycles. The maximum absolute atomic E-state index is 12.1. The van der Waals surface area contributed by atoms with Gasteiger partial charge in [-0.15, -0.1) is 0 Å². The lowest BCUT2D eigenvalue weighted by Crippen LogP contribution is -2.14. The Morgan fingerprint density at radius 3 is 2.41 bits per heavy atom. The summed E-state index contributed by atoms with van der Waals surface area (Å²) in [5, 5.41) is 17.5. The number of rotatable bonds is 4. The summed E-state index contributed by atoms with van der Waals surface area (Å²) < 4.78 is 28.2. The lowest BCUT2D eigenvalue weighted by molar-refractivity contribution is -0.147. The Balaban J connectivity index is 3.30. The van der Waals surface area contributed by atoms with Crippen molar-refractivity contribution in [2.45, 2.75) is 12.7 Å². The van der Waals surface area contributed by atoms with Gasteiger partial charge in [0.05, 0.1) is 15.6 Å². The van der Waals surface area contributed by atoms with Crippen LogP contribution in [0.4, 0.5) is 8.78 Å². The normalized spacial score (nSPS) is 12.6. The fourth-order valence-corrected chi connectivity index (χ4v) is 1.55. The molecule has 1 rings (SSSR count). The van der Waals surface area contributed by atoms with E-state index in [1.54, 1.807) is 0 Å². The minimum absolute atomic E-state index is 0.0800. The summed E-state index contributed by atoms with van der Waals surface area (Å²) >= 11 is 11.2. The van der Waals surface area contributed by atoms with Crippen LogP contribution in [0.15, 0.2) is 12.1 Å². The number of carboxylic acids is 1. The van der Waals surface area contributed by atoms with Gasteiger partial charge in [0.1, 0.15) is 5.75 Å². The van der Waals surface area contributed by atoms with Crippen molar-refractivity contribution in [3.8, 4) is 5.75 Å². The summed E-state index contributed by atoms with van der Waals surface area (Å²) in [6.45, 7) is -3.17. The summed E-state index contributed by atoms with van der Waals surface area (Å²) in [7, 11) is 0. The molecule has 4 nitrogen and oxygen atoms in total. The first-order chi connectivity index (χ1) is 7.84. The number of ether oxygens (including phenoxy) is 1. The number of aliphatic carboxylic acids is 1. The molecule has 0 heterocycles. The molecule has 0 aliphatic rings. The largest absolute Gasteiger partial charge is 0.479 e. The SMILES string of the molecule is O=C(O)C(O)c1c(OC(F)F)ccc(Cl)c1Cl. The molecule has 0 bridgehead atoms. The Bertz CT molecular complexity index is 439. The monoisotopic (exact) mass is 286 g/mol. The molecule has 0 aromatic heterocycles. The van der Waals surface area contributed by atoms with Gasteiger partial charge in [0.15, 0.2) is 6.10 Å². The van der Waals surface area contributed by atoms with E-state index in [1.165, 1.54) is 0 Å². The van der Waals surface area contributed by atoms with Gasteiger partial charge >= 0.3 is 12.6 Å². The highest BCUT2D eigenvalue weighted by Gasteiger charge is 2.26. The van der Waals surface area contributed by atoms with Crippen LogP contribution >= 0.6 is 23.2 Å². The van der Waals surface area contributed by atoms with Crippen molar-refractivity contribution in [2.75, 3.05) is 0 Å². The van der Waals surface area contributed by atoms with Gasteiger partial charge in [0.2, 0.25) is 0 Å². The van der Waals surface area contributed by atoms with Crippen LogP contribution in [0, 0.1) is 0 Å². The van der Waals surface area contributed by atoms with Gasteiger partial charge in [-0.2, -0.15) is 8.78 Å². The molecule has 0 aliphatic carbocycles. The van der Waals surface area contributed by atoms with Crippen LogP contribution < -0.4 is 4.74 Å². The highest BCUT2D eigenvalue weighted by Crippen LogP contribution is 2.38. The Labute approximate surface area is 104 Å². The van der Waals surface area contributed by atoms with Crippen LogP contribution in [0.25, 0.3) is 0 Å². The van der Waals surface area contributed by atoms with E-state index in [0.29, 0.717) is 0 Å². The Morgan fingerprint density at radius 2 is 1.94 bits per heavy atom. The second-order valence-corrected chi connectivity index (χ2v) is 3.68. The van der Waals surface area contributed by atoms with E-state index in [0.717, 1.165) is 12.1 Å². The first-order valence-electron chi connectivity index (χ1n) is 4.18. The topological polar surface area (TPSA) is 66.8 Å². The standard InChI is InChI=1S/C9H6Cl2F2O4/c10-3-1-2-4(17-9(12)13)5(6(3)11)7(14)8(15)16/h1-2,7,9,14H,(H,15,16). The summed E-state index contributed by atoms with van der Waals surface area (Å²) in [5.41, 5.74) is -0.507. The molecule has 17 heavy (non-hydrogen) atoms. The van der Waals surface area contributed by atoms with Gasteiger partial charge in [0, 0.05) is 0 Å². The summed E-state index contributed by atoms with van der Waals surface area (Å²) in [6.07, 6.45) is -2.10. The molecule has 2 N–H and O–H groups in total. The minimum atomic E-state index is -3.17. The quantitative estimate of drug-likeness (QED) is 0.893. The van der Waals surface area contributed by atoms with Crippen LogP contribution in [0.2, 0.25) is 10.0 Å². The predicted octanol–water partition coefficient (Wildman–Crippen LogP) is 2.71. The third kappa shape index (κ3) is 3.18. The number of hydrogen-bond acceptors (Lipinski definition) is 3. The fraction of sp³-hybridized carbons (Fsp3) is 0.222. The van der Waals surface area contributed by atoms with Gasteiger partial charge in [0.25, 0.3) is 0 Å². The molecule has 1 unspecified atom stereocenters. The lowest BCUT2D eigenvalue weighted by Gasteiger charge is -2.15. The summed E-state index contributed by atoms with van der Waals surface area (Å²) in [4.78, 5) is 10.6. The van der Waals surface area contributed by atoms with E-state index in [4.69, 9.17) is 28.3 Å². The van der Waals surface area contributed by atoms with Crippen LogP contribution in [0.1, 0.15) is 11.7 Å². The molecular formula is C9H6Cl2F2O4. The zero-order valence-electron chi connectivity index (χ0n) is 8.03. The van der Waals surface area contributed by atoms with E-state index in [1.807, 2.05) is 0 Å². The first-order valence-corrected chi connectivity index (χ1v) is 4.93. The van der Waals surface area contributed by atoms with Gasteiger partial charge in [-0.3, -0.25) is 0 Å². The maximum atomic E-state index is 12.1. The highest BCUT2D eigenvalue weighted by molar-refractivity contribution is 6.42. The van der Waals surface area contributed by atoms with Gasteiger partial charge in [-0.05, 0) is 12.1 Å². The van der Waals surface area contributed by atoms with Crippen molar-refractivity contribution in [2.24, 2.45) is 0 Å². The van der Waals surface area contributed by atoms with Crippen molar-refractivity contribution in [1.82, 2.24) is 0 Å². The summed E-state index contributed by atoms with van der Waals surface area (Å²) in [5.74, 6) is -2.20. The molecule has 0 saturated heterocycles. The van der Waals surface area contributed by atoms with Crippen molar-refractivity contribution < 1.29 is 28.5 Å². The molecule has 0 amide bonds. The van der Waals surface area contributed by atoms with E-state index in [2.05, 4.69) is 4.74 Å². The number of benzene rings is 1. The molecular weight excluding hydrogens is 281 g/mol. The second-order valence-electron chi connectivity index (χ2n) is 2.89. The Hall–Kier alpha value is -1.11. The van der Waals surface area contributed by atoms with Crippen molar-refractivity contribution in [3.63, 3.8) is 0 Å². The maximum Gasteiger partial charge on any atom is 0.387 e. The third-order valence-corrected chi connectivity index (χ3v) is 2.63. The van der Waals surface area contributed by atoms with E-state index >= 15 is 0 Å². The van der Waals surface area contributed by atoms with Gasteiger partial charge in [-0.1, -0.05) is 23.2 Å². The Kier molecular flexibility index (Phi) is 4.50. The average Bonchev–Trinajstić information content (AvgIpc) is 2.22. The molecule has 0 radical (unpaired) electrons. The fourth-order valence-electron chi connectivity index (χ4n) is 1.13. The Morgan fingerprint density at radius 1 is 1.35 bits per heavy atom. The molecule has 8 heteroatoms.